The van der Waals surface area contributed by atoms with Crippen molar-refractivity contribution in [3.05, 3.63) is 0 Å². The minimum Gasteiger partial charge on any atom is -0.481 e. The highest BCUT2D eigenvalue weighted by molar-refractivity contribution is 5.71. The highest BCUT2D eigenvalue weighted by Crippen LogP contribution is 2.48. The van der Waals surface area contributed by atoms with Crippen LogP contribution in [0.1, 0.15) is 77.0 Å². The van der Waals surface area contributed by atoms with Crippen molar-refractivity contribution in [2.24, 2.45) is 71.0 Å². The number of hydrogen-bond donors (Lipinski definition) is 12. The van der Waals surface area contributed by atoms with Crippen molar-refractivity contribution in [2.45, 2.75) is 126 Å². The molecule has 288 valence electrons. The van der Waals surface area contributed by atoms with Gasteiger partial charge in [0.1, 0.15) is 0 Å². The maximum atomic E-state index is 12.3. The van der Waals surface area contributed by atoms with Crippen LogP contribution >= 0.6 is 0 Å². The van der Waals surface area contributed by atoms with Crippen LogP contribution in [0.4, 0.5) is 0 Å². The molecule has 4 saturated carbocycles. The SMILES string of the molecule is O=C(O)C1CCC2C3NC(NC4NC(NC5NC(NC6NC(N3)C3CC(C(=O)O)CCC63)C3CC(C(=O)O)CCC53)C3CC(C(=O)O)CCC43)C2C1. The molecule has 0 radical (unpaired) electrons. The summed E-state index contributed by atoms with van der Waals surface area (Å²) in [7, 11) is 0. The maximum Gasteiger partial charge on any atom is 0.306 e. The molecule has 12 unspecified atom stereocenters. The van der Waals surface area contributed by atoms with Crippen molar-refractivity contribution in [3.63, 3.8) is 0 Å². The van der Waals surface area contributed by atoms with Crippen molar-refractivity contribution in [2.75, 3.05) is 0 Å². The van der Waals surface area contributed by atoms with Crippen LogP contribution in [0.15, 0.2) is 0 Å². The zero-order valence-electron chi connectivity index (χ0n) is 29.5. The smallest absolute Gasteiger partial charge is 0.306 e. The summed E-state index contributed by atoms with van der Waals surface area (Å²) in [5, 5.41) is 71.4. The Morgan fingerprint density at radius 3 is 0.635 bits per heavy atom. The number of carboxylic acid groups (broad SMARTS) is 4. The van der Waals surface area contributed by atoms with E-state index >= 15 is 0 Å². The van der Waals surface area contributed by atoms with Gasteiger partial charge in [0.25, 0.3) is 0 Å². The fourth-order valence-electron chi connectivity index (χ4n) is 12.9. The number of aliphatic carboxylic acids is 4. The van der Waals surface area contributed by atoms with Gasteiger partial charge >= 0.3 is 23.9 Å². The Balaban J connectivity index is 1.06. The van der Waals surface area contributed by atoms with Gasteiger partial charge in [0.15, 0.2) is 0 Å². The van der Waals surface area contributed by atoms with Gasteiger partial charge in [-0.25, -0.2) is 0 Å². The highest BCUT2D eigenvalue weighted by atomic mass is 16.4. The molecule has 9 aliphatic rings. The van der Waals surface area contributed by atoms with Gasteiger partial charge in [-0.1, -0.05) is 0 Å². The molecule has 16 nitrogen and oxygen atoms in total. The Labute approximate surface area is 303 Å². The second-order valence-electron chi connectivity index (χ2n) is 17.9. The third-order valence-corrected chi connectivity index (χ3v) is 15.5. The average Bonchev–Trinajstić information content (AvgIpc) is 3.85. The quantitative estimate of drug-likeness (QED) is 0.180. The molecule has 0 aromatic carbocycles. The van der Waals surface area contributed by atoms with Gasteiger partial charge in [-0.15, -0.1) is 0 Å². The second-order valence-corrected chi connectivity index (χ2v) is 17.9. The fourth-order valence-corrected chi connectivity index (χ4v) is 12.9. The van der Waals surface area contributed by atoms with Crippen molar-refractivity contribution >= 4 is 23.9 Å². The van der Waals surface area contributed by atoms with Gasteiger partial charge < -0.3 is 20.4 Å². The number of nitrogens with one attached hydrogen (secondary N) is 8. The van der Waals surface area contributed by atoms with Crippen LogP contribution in [0.3, 0.4) is 0 Å². The first kappa shape index (κ1) is 35.3. The minimum absolute atomic E-state index is 0.0674. The van der Waals surface area contributed by atoms with E-state index in [0.717, 1.165) is 25.7 Å². The third kappa shape index (κ3) is 6.14. The van der Waals surface area contributed by atoms with E-state index in [9.17, 15) is 39.6 Å². The molecule has 9 fully saturated rings. The molecule has 12 N–H and O–H groups in total. The zero-order chi connectivity index (χ0) is 36.0. The minimum atomic E-state index is -0.753. The van der Waals surface area contributed by atoms with Crippen molar-refractivity contribution in [1.29, 1.82) is 0 Å². The van der Waals surface area contributed by atoms with Gasteiger partial charge in [-0.05, 0) is 124 Å². The summed E-state index contributed by atoms with van der Waals surface area (Å²) in [5.41, 5.74) is 0. The number of hydrogen-bond acceptors (Lipinski definition) is 12. The average molecular weight is 729 g/mol. The molecule has 5 aliphatic heterocycles. The Bertz CT molecular complexity index is 1230. The first-order valence-corrected chi connectivity index (χ1v) is 20.0. The number of carbonyl (C=O) groups is 4. The van der Waals surface area contributed by atoms with Crippen LogP contribution < -0.4 is 42.5 Å². The van der Waals surface area contributed by atoms with Crippen LogP contribution in [0, 0.1) is 71.0 Å². The van der Waals surface area contributed by atoms with Crippen LogP contribution in [-0.4, -0.2) is 93.6 Å². The lowest BCUT2D eigenvalue weighted by Crippen LogP contribution is -2.61. The summed E-state index contributed by atoms with van der Waals surface area (Å²) in [5.74, 6) is -3.67. The maximum absolute atomic E-state index is 12.3. The van der Waals surface area contributed by atoms with Crippen LogP contribution in [0.5, 0.6) is 0 Å². The standard InChI is InChI=1S/C36H56N8O8/c45-33(46)13-1-5-17-21(9-13)29-37-25(17)41-30-22-10-14(34(47)48)2-6-18(22)27(38-30)43-32-24-12-16(36(51)52)4-8-20(24)28(40-32)44-31-23-11-15(35(49)50)3-7-19(23)26(39-31)42-29/h13-32,37-44H,1-12H2,(H,45,46)(H,47,48)(H,49,50)(H,51,52). The molecule has 4 aliphatic carbocycles. The van der Waals surface area contributed by atoms with Gasteiger partial charge in [-0.2, -0.15) is 0 Å². The molecule has 0 amide bonds. The predicted octanol–water partition coefficient (Wildman–Crippen LogP) is -0.152. The van der Waals surface area contributed by atoms with Crippen LogP contribution in [0.25, 0.3) is 0 Å². The second kappa shape index (κ2) is 13.7. The largest absolute Gasteiger partial charge is 0.481 e. The Morgan fingerprint density at radius 1 is 0.288 bits per heavy atom. The Hall–Kier alpha value is -2.44. The third-order valence-electron chi connectivity index (χ3n) is 15.5. The molecule has 9 rings (SSSR count). The lowest BCUT2D eigenvalue weighted by atomic mass is 9.71. The van der Waals surface area contributed by atoms with Gasteiger partial charge in [0, 0.05) is 0 Å². The molecule has 12 atom stereocenters. The fraction of sp³-hybridized carbons (Fsp3) is 0.889. The Morgan fingerprint density at radius 2 is 0.462 bits per heavy atom. The van der Waals surface area contributed by atoms with Crippen molar-refractivity contribution in [3.8, 4) is 0 Å². The highest BCUT2D eigenvalue weighted by Gasteiger charge is 2.57. The number of carboxylic acids is 4. The molecule has 0 spiro atoms. The van der Waals surface area contributed by atoms with Gasteiger partial charge in [0.05, 0.1) is 73.0 Å². The monoisotopic (exact) mass is 728 g/mol. The summed E-state index contributed by atoms with van der Waals surface area (Å²) >= 11 is 0. The van der Waals surface area contributed by atoms with E-state index in [-0.39, 0.29) is 96.7 Å². The van der Waals surface area contributed by atoms with Gasteiger partial charge in [-0.3, -0.25) is 61.7 Å². The molecular formula is C36H56N8O8. The van der Waals surface area contributed by atoms with E-state index in [4.69, 9.17) is 0 Å². The summed E-state index contributed by atoms with van der Waals surface area (Å²) in [6.07, 6.45) is 6.64. The van der Waals surface area contributed by atoms with Gasteiger partial charge in [0.2, 0.25) is 0 Å². The molecule has 8 bridgehead atoms. The van der Waals surface area contributed by atoms with Crippen LogP contribution in [-0.2, 0) is 19.2 Å². The number of fused-ring (bicyclic) bond motifs is 20. The van der Waals surface area contributed by atoms with E-state index in [1.165, 1.54) is 0 Å². The topological polar surface area (TPSA) is 245 Å². The van der Waals surface area contributed by atoms with Crippen molar-refractivity contribution < 1.29 is 39.6 Å². The predicted molar refractivity (Wildman–Crippen MR) is 183 cm³/mol. The molecule has 0 aromatic rings. The molecule has 16 heteroatoms. The summed E-state index contributed by atoms with van der Waals surface area (Å²) in [6.45, 7) is 0. The van der Waals surface area contributed by atoms with Crippen molar-refractivity contribution in [1.82, 2.24) is 42.5 Å². The molecule has 5 saturated heterocycles. The first-order chi connectivity index (χ1) is 25.0. The molecule has 5 heterocycles. The van der Waals surface area contributed by atoms with E-state index in [0.29, 0.717) is 51.4 Å². The molecule has 0 aromatic heterocycles. The lowest BCUT2D eigenvalue weighted by molar-refractivity contribution is -0.145. The summed E-state index contributed by atoms with van der Waals surface area (Å²) < 4.78 is 0. The molecule has 52 heavy (non-hydrogen) atoms. The Kier molecular flexibility index (Phi) is 9.29. The normalized spacial score (nSPS) is 52.5. The van der Waals surface area contributed by atoms with E-state index < -0.39 is 47.5 Å². The summed E-state index contributed by atoms with van der Waals surface area (Å²) in [4.78, 5) is 49.0. The van der Waals surface area contributed by atoms with E-state index in [2.05, 4.69) is 42.5 Å². The lowest BCUT2D eigenvalue weighted by Gasteiger charge is -2.38. The van der Waals surface area contributed by atoms with Crippen LogP contribution in [0.2, 0.25) is 0 Å². The zero-order valence-corrected chi connectivity index (χ0v) is 29.5. The summed E-state index contributed by atoms with van der Waals surface area (Å²) in [6, 6.07) is 0. The first-order valence-electron chi connectivity index (χ1n) is 20.0. The van der Waals surface area contributed by atoms with E-state index in [1.54, 1.807) is 0 Å². The molecular weight excluding hydrogens is 672 g/mol. The van der Waals surface area contributed by atoms with E-state index in [1.807, 2.05) is 0 Å². The number of rotatable bonds is 4.